The second kappa shape index (κ2) is 6.58. The Morgan fingerprint density at radius 1 is 1.53 bits per heavy atom. The van der Waals surface area contributed by atoms with Gasteiger partial charge in [-0.1, -0.05) is 6.08 Å². The summed E-state index contributed by atoms with van der Waals surface area (Å²) in [4.78, 5) is 0. The summed E-state index contributed by atoms with van der Waals surface area (Å²) in [5.74, 6) is 0.225. The van der Waals surface area contributed by atoms with Crippen molar-refractivity contribution in [3.63, 3.8) is 0 Å². The van der Waals surface area contributed by atoms with Crippen molar-refractivity contribution in [3.05, 3.63) is 41.1 Å². The molecule has 0 aliphatic rings. The second-order valence-electron chi connectivity index (χ2n) is 2.92. The summed E-state index contributed by atoms with van der Waals surface area (Å²) in [6.07, 6.45) is 1.78. The van der Waals surface area contributed by atoms with Crippen LogP contribution in [0.25, 0.3) is 0 Å². The summed E-state index contributed by atoms with van der Waals surface area (Å²) in [7, 11) is 0. The first-order valence-corrected chi connectivity index (χ1v) is 5.43. The summed E-state index contributed by atoms with van der Waals surface area (Å²) >= 11 is 3.29. The average Bonchev–Trinajstić information content (AvgIpc) is 2.23. The first kappa shape index (κ1) is 12.2. The molecule has 0 aliphatic carbocycles. The molecule has 1 N–H and O–H groups in total. The zero-order chi connectivity index (χ0) is 11.1. The van der Waals surface area contributed by atoms with Crippen LogP contribution >= 0.6 is 15.9 Å². The molecule has 0 spiro atoms. The van der Waals surface area contributed by atoms with E-state index in [9.17, 15) is 4.39 Å². The van der Waals surface area contributed by atoms with E-state index in [1.807, 2.05) is 0 Å². The van der Waals surface area contributed by atoms with E-state index in [2.05, 4.69) is 27.8 Å². The lowest BCUT2D eigenvalue weighted by Gasteiger charge is -2.08. The number of nitrogens with one attached hydrogen (secondary N) is 1. The van der Waals surface area contributed by atoms with Gasteiger partial charge in [0.15, 0.2) is 0 Å². The number of hydrogen-bond donors (Lipinski definition) is 1. The van der Waals surface area contributed by atoms with Gasteiger partial charge in [0.1, 0.15) is 18.2 Å². The van der Waals surface area contributed by atoms with Crippen LogP contribution in [-0.2, 0) is 0 Å². The molecule has 1 rings (SSSR count). The van der Waals surface area contributed by atoms with Crippen molar-refractivity contribution in [2.45, 2.75) is 0 Å². The van der Waals surface area contributed by atoms with E-state index in [1.165, 1.54) is 12.1 Å². The minimum absolute atomic E-state index is 0.299. The molecule has 15 heavy (non-hydrogen) atoms. The molecule has 0 bridgehead atoms. The molecule has 1 aromatic carbocycles. The molecule has 0 saturated carbocycles. The normalized spacial score (nSPS) is 10.0. The number of ether oxygens (including phenoxy) is 1. The Balaban J connectivity index is 2.36. The molecule has 0 aliphatic heterocycles. The van der Waals surface area contributed by atoms with Gasteiger partial charge in [-0.05, 0) is 28.1 Å². The van der Waals surface area contributed by atoms with Crippen LogP contribution in [0, 0.1) is 5.82 Å². The van der Waals surface area contributed by atoms with Crippen molar-refractivity contribution in [2.24, 2.45) is 0 Å². The zero-order valence-corrected chi connectivity index (χ0v) is 9.89. The van der Waals surface area contributed by atoms with E-state index >= 15 is 0 Å². The smallest absolute Gasteiger partial charge is 0.136 e. The Morgan fingerprint density at radius 3 is 3.07 bits per heavy atom. The van der Waals surface area contributed by atoms with E-state index in [4.69, 9.17) is 4.74 Å². The van der Waals surface area contributed by atoms with Crippen LogP contribution in [-0.4, -0.2) is 19.7 Å². The topological polar surface area (TPSA) is 21.3 Å². The summed E-state index contributed by atoms with van der Waals surface area (Å²) in [5, 5.41) is 3.09. The predicted octanol–water partition coefficient (Wildman–Crippen LogP) is 2.74. The van der Waals surface area contributed by atoms with Crippen LogP contribution in [0.5, 0.6) is 5.75 Å². The van der Waals surface area contributed by atoms with Gasteiger partial charge in [-0.3, -0.25) is 0 Å². The van der Waals surface area contributed by atoms with Gasteiger partial charge >= 0.3 is 0 Å². The Bertz CT molecular complexity index is 330. The maximum Gasteiger partial charge on any atom is 0.136 e. The molecule has 0 aromatic heterocycles. The van der Waals surface area contributed by atoms with Crippen molar-refractivity contribution < 1.29 is 9.13 Å². The van der Waals surface area contributed by atoms with Crippen molar-refractivity contribution >= 4 is 15.9 Å². The van der Waals surface area contributed by atoms with E-state index in [0.717, 1.165) is 11.0 Å². The summed E-state index contributed by atoms with van der Waals surface area (Å²) < 4.78 is 19.0. The summed E-state index contributed by atoms with van der Waals surface area (Å²) in [5.41, 5.74) is 0. The van der Waals surface area contributed by atoms with Crippen LogP contribution in [0.4, 0.5) is 4.39 Å². The summed E-state index contributed by atoms with van der Waals surface area (Å²) in [6, 6.07) is 4.37. The molecule has 0 heterocycles. The molecular weight excluding hydrogens is 261 g/mol. The molecule has 2 nitrogen and oxygen atoms in total. The van der Waals surface area contributed by atoms with Crippen LogP contribution < -0.4 is 10.1 Å². The fourth-order valence-corrected chi connectivity index (χ4v) is 1.39. The van der Waals surface area contributed by atoms with Crippen molar-refractivity contribution in [3.8, 4) is 5.75 Å². The van der Waals surface area contributed by atoms with Crippen LogP contribution in [0.15, 0.2) is 35.3 Å². The zero-order valence-electron chi connectivity index (χ0n) is 8.30. The van der Waals surface area contributed by atoms with Crippen molar-refractivity contribution in [1.82, 2.24) is 5.32 Å². The fraction of sp³-hybridized carbons (Fsp3) is 0.273. The third-order valence-electron chi connectivity index (χ3n) is 1.72. The average molecular weight is 274 g/mol. The Hall–Kier alpha value is -0.870. The van der Waals surface area contributed by atoms with E-state index in [1.54, 1.807) is 12.1 Å². The molecule has 0 radical (unpaired) electrons. The molecule has 4 heteroatoms. The highest BCUT2D eigenvalue weighted by atomic mass is 79.9. The summed E-state index contributed by atoms with van der Waals surface area (Å²) in [6.45, 7) is 5.52. The quantitative estimate of drug-likeness (QED) is 0.636. The van der Waals surface area contributed by atoms with Gasteiger partial charge in [-0.25, -0.2) is 4.39 Å². The lowest BCUT2D eigenvalue weighted by Crippen LogP contribution is -2.20. The number of halogens is 2. The molecule has 0 amide bonds. The minimum Gasteiger partial charge on any atom is -0.491 e. The second-order valence-corrected chi connectivity index (χ2v) is 3.77. The first-order chi connectivity index (χ1) is 7.24. The first-order valence-electron chi connectivity index (χ1n) is 4.63. The van der Waals surface area contributed by atoms with Crippen LogP contribution in [0.1, 0.15) is 0 Å². The van der Waals surface area contributed by atoms with Crippen molar-refractivity contribution in [2.75, 3.05) is 19.7 Å². The fourth-order valence-electron chi connectivity index (χ4n) is 1.03. The molecule has 0 saturated heterocycles. The third-order valence-corrected chi connectivity index (χ3v) is 2.37. The van der Waals surface area contributed by atoms with E-state index in [0.29, 0.717) is 18.9 Å². The minimum atomic E-state index is -0.299. The van der Waals surface area contributed by atoms with Gasteiger partial charge in [0.05, 0.1) is 4.47 Å². The van der Waals surface area contributed by atoms with Gasteiger partial charge < -0.3 is 10.1 Å². The van der Waals surface area contributed by atoms with Crippen molar-refractivity contribution in [1.29, 1.82) is 0 Å². The van der Waals surface area contributed by atoms with Crippen LogP contribution in [0.2, 0.25) is 0 Å². The largest absolute Gasteiger partial charge is 0.491 e. The highest BCUT2D eigenvalue weighted by molar-refractivity contribution is 9.10. The van der Waals surface area contributed by atoms with Crippen LogP contribution in [0.3, 0.4) is 0 Å². The predicted molar refractivity (Wildman–Crippen MR) is 62.7 cm³/mol. The lowest BCUT2D eigenvalue weighted by atomic mass is 10.3. The number of benzene rings is 1. The van der Waals surface area contributed by atoms with E-state index < -0.39 is 0 Å². The molecule has 0 fully saturated rings. The van der Waals surface area contributed by atoms with Gasteiger partial charge in [0.2, 0.25) is 0 Å². The monoisotopic (exact) mass is 273 g/mol. The maximum absolute atomic E-state index is 12.8. The Morgan fingerprint density at radius 2 is 2.33 bits per heavy atom. The molecule has 1 aromatic rings. The van der Waals surface area contributed by atoms with E-state index in [-0.39, 0.29) is 5.82 Å². The maximum atomic E-state index is 12.8. The highest BCUT2D eigenvalue weighted by Gasteiger charge is 2.01. The third kappa shape index (κ3) is 4.44. The standard InChI is InChI=1S/C11H13BrFNO/c1-2-5-14-6-7-15-11-8-9(13)3-4-10(11)12/h2-4,8,14H,1,5-7H2. The molecule has 0 unspecified atom stereocenters. The van der Waals surface area contributed by atoms with Gasteiger partial charge in [-0.2, -0.15) is 0 Å². The lowest BCUT2D eigenvalue weighted by molar-refractivity contribution is 0.313. The SMILES string of the molecule is C=CCNCCOc1cc(F)ccc1Br. The Labute approximate surface area is 97.3 Å². The van der Waals surface area contributed by atoms with Gasteiger partial charge in [0.25, 0.3) is 0 Å². The van der Waals surface area contributed by atoms with Gasteiger partial charge in [-0.15, -0.1) is 6.58 Å². The molecule has 0 atom stereocenters. The van der Waals surface area contributed by atoms with Gasteiger partial charge in [0, 0.05) is 19.2 Å². The molecule has 82 valence electrons. The Kier molecular flexibility index (Phi) is 5.36. The highest BCUT2D eigenvalue weighted by Crippen LogP contribution is 2.25. The number of hydrogen-bond acceptors (Lipinski definition) is 2. The number of rotatable bonds is 6. The molecular formula is C11H13BrFNO.